The molecule has 3 nitrogen and oxygen atoms in total. The number of rotatable bonds is 6. The highest BCUT2D eigenvalue weighted by molar-refractivity contribution is 5.25. The summed E-state index contributed by atoms with van der Waals surface area (Å²) >= 11 is 0. The Kier molecular flexibility index (Phi) is 5.45. The minimum atomic E-state index is 0.304. The van der Waals surface area contributed by atoms with E-state index in [1.807, 2.05) is 6.20 Å². The van der Waals surface area contributed by atoms with Crippen molar-refractivity contribution in [2.24, 2.45) is 0 Å². The van der Waals surface area contributed by atoms with Crippen LogP contribution in [0.3, 0.4) is 0 Å². The highest BCUT2D eigenvalue weighted by Crippen LogP contribution is 2.16. The van der Waals surface area contributed by atoms with Crippen molar-refractivity contribution in [1.82, 2.24) is 15.3 Å². The van der Waals surface area contributed by atoms with Gasteiger partial charge in [0, 0.05) is 29.9 Å². The van der Waals surface area contributed by atoms with Gasteiger partial charge in [-0.05, 0) is 39.3 Å². The largest absolute Gasteiger partial charge is 0.310 e. The van der Waals surface area contributed by atoms with Gasteiger partial charge in [0.25, 0.3) is 0 Å². The highest BCUT2D eigenvalue weighted by Gasteiger charge is 2.10. The van der Waals surface area contributed by atoms with Crippen LogP contribution in [0.5, 0.6) is 0 Å². The van der Waals surface area contributed by atoms with E-state index in [0.29, 0.717) is 6.04 Å². The molecule has 0 aliphatic heterocycles. The second kappa shape index (κ2) is 7.32. The van der Waals surface area contributed by atoms with E-state index in [1.54, 1.807) is 0 Å². The first-order valence-corrected chi connectivity index (χ1v) is 7.71. The summed E-state index contributed by atoms with van der Waals surface area (Å²) in [5.41, 5.74) is 4.80. The number of benzene rings is 1. The molecule has 3 heteroatoms. The average molecular weight is 283 g/mol. The van der Waals surface area contributed by atoms with Gasteiger partial charge in [0.2, 0.25) is 0 Å². The Morgan fingerprint density at radius 3 is 2.48 bits per heavy atom. The molecule has 0 radical (unpaired) electrons. The van der Waals surface area contributed by atoms with Crippen LogP contribution in [0.1, 0.15) is 54.5 Å². The minimum Gasteiger partial charge on any atom is -0.310 e. The molecule has 0 amide bonds. The number of aryl methyl sites for hydroxylation is 2. The molecular weight excluding hydrogens is 258 g/mol. The molecule has 0 aliphatic carbocycles. The zero-order valence-electron chi connectivity index (χ0n) is 13.5. The van der Waals surface area contributed by atoms with E-state index >= 15 is 0 Å². The number of nitrogens with one attached hydrogen (secondary N) is 1. The third-order valence-electron chi connectivity index (χ3n) is 3.72. The van der Waals surface area contributed by atoms with Crippen LogP contribution in [0, 0.1) is 13.8 Å². The zero-order chi connectivity index (χ0) is 15.2. The number of hydrogen-bond donors (Lipinski definition) is 1. The summed E-state index contributed by atoms with van der Waals surface area (Å²) < 4.78 is 0. The standard InChI is InChI=1S/C18H25N3/c1-5-10-19-14(3)17-12-20-18(21-15(17)4)11-16-8-6-13(2)7-9-16/h6-9,12,14,19H,5,10-11H2,1-4H3. The first-order chi connectivity index (χ1) is 10.1. The van der Waals surface area contributed by atoms with Crippen LogP contribution < -0.4 is 5.32 Å². The lowest BCUT2D eigenvalue weighted by Crippen LogP contribution is -2.21. The van der Waals surface area contributed by atoms with Gasteiger partial charge in [-0.3, -0.25) is 0 Å². The highest BCUT2D eigenvalue weighted by atomic mass is 14.9. The lowest BCUT2D eigenvalue weighted by molar-refractivity contribution is 0.563. The van der Waals surface area contributed by atoms with Crippen LogP contribution >= 0.6 is 0 Å². The molecule has 0 fully saturated rings. The predicted molar refractivity (Wildman–Crippen MR) is 87.5 cm³/mol. The summed E-state index contributed by atoms with van der Waals surface area (Å²) in [5, 5.41) is 3.48. The monoisotopic (exact) mass is 283 g/mol. The SMILES string of the molecule is CCCNC(C)c1cnc(Cc2ccc(C)cc2)nc1C. The molecule has 0 aliphatic rings. The fourth-order valence-electron chi connectivity index (χ4n) is 2.39. The van der Waals surface area contributed by atoms with Gasteiger partial charge in [-0.1, -0.05) is 36.8 Å². The first-order valence-electron chi connectivity index (χ1n) is 7.71. The van der Waals surface area contributed by atoms with Gasteiger partial charge >= 0.3 is 0 Å². The molecule has 1 atom stereocenters. The third-order valence-corrected chi connectivity index (χ3v) is 3.72. The maximum atomic E-state index is 4.67. The lowest BCUT2D eigenvalue weighted by atomic mass is 10.1. The van der Waals surface area contributed by atoms with Gasteiger partial charge in [-0.2, -0.15) is 0 Å². The summed E-state index contributed by atoms with van der Waals surface area (Å²) in [6, 6.07) is 8.86. The van der Waals surface area contributed by atoms with Crippen molar-refractivity contribution in [3.63, 3.8) is 0 Å². The average Bonchev–Trinajstić information content (AvgIpc) is 2.47. The molecule has 1 aromatic heterocycles. The van der Waals surface area contributed by atoms with E-state index < -0.39 is 0 Å². The fourth-order valence-corrected chi connectivity index (χ4v) is 2.39. The van der Waals surface area contributed by atoms with Crippen LogP contribution in [-0.2, 0) is 6.42 Å². The van der Waals surface area contributed by atoms with E-state index in [2.05, 4.69) is 67.2 Å². The van der Waals surface area contributed by atoms with Gasteiger partial charge in [-0.15, -0.1) is 0 Å². The Balaban J connectivity index is 2.09. The van der Waals surface area contributed by atoms with Crippen LogP contribution in [0.4, 0.5) is 0 Å². The summed E-state index contributed by atoms with van der Waals surface area (Å²) in [5.74, 6) is 0.891. The quantitative estimate of drug-likeness (QED) is 0.877. The minimum absolute atomic E-state index is 0.304. The molecule has 0 bridgehead atoms. The van der Waals surface area contributed by atoms with Crippen molar-refractivity contribution in [2.45, 2.75) is 46.6 Å². The third kappa shape index (κ3) is 4.36. The lowest BCUT2D eigenvalue weighted by Gasteiger charge is -2.15. The molecule has 112 valence electrons. The summed E-state index contributed by atoms with van der Waals surface area (Å²) in [4.78, 5) is 9.20. The van der Waals surface area contributed by atoms with Gasteiger partial charge in [0.1, 0.15) is 5.82 Å². The number of hydrogen-bond acceptors (Lipinski definition) is 3. The van der Waals surface area contributed by atoms with E-state index in [1.165, 1.54) is 16.7 Å². The first kappa shape index (κ1) is 15.6. The number of aromatic nitrogens is 2. The molecular formula is C18H25N3. The molecule has 1 heterocycles. The van der Waals surface area contributed by atoms with Crippen molar-refractivity contribution in [3.05, 3.63) is 58.7 Å². The van der Waals surface area contributed by atoms with Crippen molar-refractivity contribution in [3.8, 4) is 0 Å². The number of nitrogens with zero attached hydrogens (tertiary/aromatic N) is 2. The second-order valence-electron chi connectivity index (χ2n) is 5.67. The maximum Gasteiger partial charge on any atom is 0.132 e. The molecule has 0 saturated heterocycles. The molecule has 2 aromatic rings. The summed E-state index contributed by atoms with van der Waals surface area (Å²) in [6.07, 6.45) is 3.90. The summed E-state index contributed by atoms with van der Waals surface area (Å²) in [7, 11) is 0. The normalized spacial score (nSPS) is 12.4. The van der Waals surface area contributed by atoms with Crippen LogP contribution in [0.25, 0.3) is 0 Å². The molecule has 21 heavy (non-hydrogen) atoms. The van der Waals surface area contributed by atoms with Crippen molar-refractivity contribution >= 4 is 0 Å². The Morgan fingerprint density at radius 2 is 1.86 bits per heavy atom. The molecule has 2 rings (SSSR count). The van der Waals surface area contributed by atoms with Crippen LogP contribution in [0.15, 0.2) is 30.5 Å². The van der Waals surface area contributed by atoms with Crippen molar-refractivity contribution in [1.29, 1.82) is 0 Å². The van der Waals surface area contributed by atoms with Gasteiger partial charge in [0.15, 0.2) is 0 Å². The van der Waals surface area contributed by atoms with E-state index in [-0.39, 0.29) is 0 Å². The Morgan fingerprint density at radius 1 is 1.14 bits per heavy atom. The van der Waals surface area contributed by atoms with Crippen LogP contribution in [0.2, 0.25) is 0 Å². The molecule has 1 N–H and O–H groups in total. The second-order valence-corrected chi connectivity index (χ2v) is 5.67. The van der Waals surface area contributed by atoms with E-state index in [9.17, 15) is 0 Å². The van der Waals surface area contributed by atoms with E-state index in [0.717, 1.165) is 30.9 Å². The van der Waals surface area contributed by atoms with Crippen molar-refractivity contribution in [2.75, 3.05) is 6.54 Å². The molecule has 1 aromatic carbocycles. The van der Waals surface area contributed by atoms with Gasteiger partial charge < -0.3 is 5.32 Å². The Bertz CT molecular complexity index is 576. The van der Waals surface area contributed by atoms with Gasteiger partial charge in [-0.25, -0.2) is 9.97 Å². The molecule has 0 saturated carbocycles. The molecule has 1 unspecified atom stereocenters. The smallest absolute Gasteiger partial charge is 0.132 e. The Hall–Kier alpha value is -1.74. The maximum absolute atomic E-state index is 4.67. The predicted octanol–water partition coefficient (Wildman–Crippen LogP) is 3.74. The van der Waals surface area contributed by atoms with Gasteiger partial charge in [0.05, 0.1) is 0 Å². The summed E-state index contributed by atoms with van der Waals surface area (Å²) in [6.45, 7) is 9.53. The topological polar surface area (TPSA) is 37.8 Å². The fraction of sp³-hybridized carbons (Fsp3) is 0.444. The zero-order valence-corrected chi connectivity index (χ0v) is 13.5. The Labute approximate surface area is 127 Å². The molecule has 0 spiro atoms. The van der Waals surface area contributed by atoms with Crippen LogP contribution in [-0.4, -0.2) is 16.5 Å². The van der Waals surface area contributed by atoms with E-state index in [4.69, 9.17) is 0 Å². The van der Waals surface area contributed by atoms with Crippen molar-refractivity contribution < 1.29 is 0 Å².